The quantitative estimate of drug-likeness (QED) is 0.474. The molecule has 0 atom stereocenters. The summed E-state index contributed by atoms with van der Waals surface area (Å²) in [6.07, 6.45) is 0. The second kappa shape index (κ2) is 9.13. The highest BCUT2D eigenvalue weighted by molar-refractivity contribution is 6.42. The Bertz CT molecular complexity index is 986. The predicted octanol–water partition coefficient (Wildman–Crippen LogP) is 6.95. The van der Waals surface area contributed by atoms with Crippen LogP contribution in [0.25, 0.3) is 0 Å². The van der Waals surface area contributed by atoms with E-state index in [4.69, 9.17) is 27.9 Å². The second-order valence-electron chi connectivity index (χ2n) is 6.76. The van der Waals surface area contributed by atoms with Gasteiger partial charge in [0.15, 0.2) is 0 Å². The molecule has 0 fully saturated rings. The normalized spacial score (nSPS) is 10.8. The largest absolute Gasteiger partial charge is 0.489 e. The first-order valence-electron chi connectivity index (χ1n) is 9.01. The maximum Gasteiger partial charge on any atom is 0.255 e. The molecule has 0 heterocycles. The summed E-state index contributed by atoms with van der Waals surface area (Å²) in [5.74, 6) is 0.751. The van der Waals surface area contributed by atoms with E-state index in [-0.39, 0.29) is 5.91 Å². The number of amides is 1. The zero-order valence-corrected chi connectivity index (χ0v) is 17.2. The van der Waals surface area contributed by atoms with E-state index >= 15 is 0 Å². The van der Waals surface area contributed by atoms with Crippen molar-refractivity contribution in [1.82, 2.24) is 0 Å². The molecule has 0 saturated carbocycles. The fraction of sp³-hybridized carbons (Fsp3) is 0.174. The molecule has 144 valence electrons. The molecule has 3 rings (SSSR count). The zero-order valence-electron chi connectivity index (χ0n) is 15.7. The van der Waals surface area contributed by atoms with Crippen LogP contribution in [-0.2, 0) is 6.61 Å². The molecule has 1 N–H and O–H groups in total. The van der Waals surface area contributed by atoms with Crippen molar-refractivity contribution in [2.24, 2.45) is 0 Å². The number of hydrogen-bond donors (Lipinski definition) is 1. The molecule has 0 saturated heterocycles. The number of benzene rings is 3. The van der Waals surface area contributed by atoms with Crippen molar-refractivity contribution >= 4 is 34.8 Å². The van der Waals surface area contributed by atoms with Gasteiger partial charge in [-0.1, -0.05) is 67.4 Å². The van der Waals surface area contributed by atoms with Crippen LogP contribution in [0.3, 0.4) is 0 Å². The smallest absolute Gasteiger partial charge is 0.255 e. The summed E-state index contributed by atoms with van der Waals surface area (Å²) in [5.41, 5.74) is 3.35. The minimum atomic E-state index is -0.173. The molecule has 3 nitrogen and oxygen atoms in total. The van der Waals surface area contributed by atoms with Crippen LogP contribution in [0.1, 0.15) is 41.3 Å². The van der Waals surface area contributed by atoms with Gasteiger partial charge in [0, 0.05) is 11.3 Å². The molecule has 0 unspecified atom stereocenters. The average molecular weight is 414 g/mol. The third-order valence-corrected chi connectivity index (χ3v) is 5.06. The highest BCUT2D eigenvalue weighted by Crippen LogP contribution is 2.26. The molecule has 0 aliphatic heterocycles. The van der Waals surface area contributed by atoms with Gasteiger partial charge in [0.2, 0.25) is 0 Å². The summed E-state index contributed by atoms with van der Waals surface area (Å²) in [6, 6.07) is 20.3. The zero-order chi connectivity index (χ0) is 20.1. The topological polar surface area (TPSA) is 38.3 Å². The maximum atomic E-state index is 12.7. The average Bonchev–Trinajstić information content (AvgIpc) is 2.69. The highest BCUT2D eigenvalue weighted by atomic mass is 35.5. The van der Waals surface area contributed by atoms with Crippen LogP contribution in [-0.4, -0.2) is 5.91 Å². The minimum Gasteiger partial charge on any atom is -0.489 e. The Balaban J connectivity index is 1.70. The molecule has 0 aliphatic carbocycles. The second-order valence-corrected chi connectivity index (χ2v) is 7.58. The highest BCUT2D eigenvalue weighted by Gasteiger charge is 2.12. The summed E-state index contributed by atoms with van der Waals surface area (Å²) in [6.45, 7) is 4.53. The van der Waals surface area contributed by atoms with E-state index in [0.717, 1.165) is 16.8 Å². The molecule has 1 amide bonds. The summed E-state index contributed by atoms with van der Waals surface area (Å²) >= 11 is 12.0. The Morgan fingerprint density at radius 1 is 0.964 bits per heavy atom. The molecule has 5 heteroatoms. The summed E-state index contributed by atoms with van der Waals surface area (Å²) < 4.78 is 5.81. The monoisotopic (exact) mass is 413 g/mol. The summed E-state index contributed by atoms with van der Waals surface area (Å²) in [4.78, 5) is 12.7. The van der Waals surface area contributed by atoms with E-state index in [2.05, 4.69) is 19.2 Å². The lowest BCUT2D eigenvalue weighted by Crippen LogP contribution is -2.13. The third kappa shape index (κ3) is 5.06. The van der Waals surface area contributed by atoms with Crippen LogP contribution in [0.4, 0.5) is 5.69 Å². The van der Waals surface area contributed by atoms with Crippen molar-refractivity contribution in [2.45, 2.75) is 26.4 Å². The number of para-hydroxylation sites is 1. The molecule has 28 heavy (non-hydrogen) atoms. The van der Waals surface area contributed by atoms with Crippen LogP contribution in [0.5, 0.6) is 5.75 Å². The first-order valence-corrected chi connectivity index (χ1v) is 9.76. The van der Waals surface area contributed by atoms with Crippen LogP contribution >= 0.6 is 23.2 Å². The van der Waals surface area contributed by atoms with Crippen molar-refractivity contribution in [2.75, 3.05) is 5.32 Å². The van der Waals surface area contributed by atoms with E-state index in [0.29, 0.717) is 33.9 Å². The molecule has 3 aromatic carbocycles. The van der Waals surface area contributed by atoms with Gasteiger partial charge < -0.3 is 10.1 Å². The van der Waals surface area contributed by atoms with Gasteiger partial charge in [-0.3, -0.25) is 4.79 Å². The fourth-order valence-electron chi connectivity index (χ4n) is 2.83. The Kier molecular flexibility index (Phi) is 6.61. The molecular formula is C23H21Cl2NO2. The Morgan fingerprint density at radius 3 is 2.50 bits per heavy atom. The lowest BCUT2D eigenvalue weighted by Gasteiger charge is -2.14. The SMILES string of the molecule is CC(C)c1ccccc1NC(=O)c1cccc(OCc2ccc(Cl)c(Cl)c2)c1. The summed E-state index contributed by atoms with van der Waals surface area (Å²) in [7, 11) is 0. The summed E-state index contributed by atoms with van der Waals surface area (Å²) in [5, 5.41) is 3.99. The van der Waals surface area contributed by atoms with Gasteiger partial charge in [0.05, 0.1) is 10.0 Å². The number of anilines is 1. The van der Waals surface area contributed by atoms with Gasteiger partial charge in [0.25, 0.3) is 5.91 Å². The standard InChI is InChI=1S/C23H21Cl2NO2/c1-15(2)19-8-3-4-9-22(19)26-23(27)17-6-5-7-18(13-17)28-14-16-10-11-20(24)21(25)12-16/h3-13,15H,14H2,1-2H3,(H,26,27). The number of carbonyl (C=O) groups excluding carboxylic acids is 1. The van der Waals surface area contributed by atoms with Gasteiger partial charge >= 0.3 is 0 Å². The lowest BCUT2D eigenvalue weighted by molar-refractivity contribution is 0.102. The molecule has 0 radical (unpaired) electrons. The van der Waals surface area contributed by atoms with Crippen molar-refractivity contribution in [3.63, 3.8) is 0 Å². The van der Waals surface area contributed by atoms with Crippen molar-refractivity contribution in [1.29, 1.82) is 0 Å². The molecule has 0 aliphatic rings. The number of hydrogen-bond acceptors (Lipinski definition) is 2. The fourth-order valence-corrected chi connectivity index (χ4v) is 3.15. The third-order valence-electron chi connectivity index (χ3n) is 4.32. The van der Waals surface area contributed by atoms with E-state index in [1.54, 1.807) is 30.3 Å². The Hall–Kier alpha value is -2.49. The molecule has 0 aromatic heterocycles. The minimum absolute atomic E-state index is 0.173. The number of ether oxygens (including phenoxy) is 1. The van der Waals surface area contributed by atoms with Gasteiger partial charge in [-0.25, -0.2) is 0 Å². The van der Waals surface area contributed by atoms with Crippen LogP contribution in [0, 0.1) is 0 Å². The van der Waals surface area contributed by atoms with Gasteiger partial charge in [-0.2, -0.15) is 0 Å². The molecular weight excluding hydrogens is 393 g/mol. The van der Waals surface area contributed by atoms with Gasteiger partial charge in [-0.05, 0) is 53.4 Å². The van der Waals surface area contributed by atoms with Crippen LogP contribution < -0.4 is 10.1 Å². The molecule has 0 bridgehead atoms. The van der Waals surface area contributed by atoms with E-state index in [1.807, 2.05) is 36.4 Å². The Labute approximate surface area is 175 Å². The predicted molar refractivity (Wildman–Crippen MR) is 116 cm³/mol. The number of rotatable bonds is 6. The number of carbonyl (C=O) groups is 1. The lowest BCUT2D eigenvalue weighted by atomic mass is 10.0. The first kappa shape index (κ1) is 20.2. The van der Waals surface area contributed by atoms with E-state index in [1.165, 1.54) is 0 Å². The van der Waals surface area contributed by atoms with E-state index in [9.17, 15) is 4.79 Å². The molecule has 3 aromatic rings. The van der Waals surface area contributed by atoms with Gasteiger partial charge in [-0.15, -0.1) is 0 Å². The Morgan fingerprint density at radius 2 is 1.75 bits per heavy atom. The number of nitrogens with one attached hydrogen (secondary N) is 1. The molecule has 0 spiro atoms. The first-order chi connectivity index (χ1) is 13.4. The van der Waals surface area contributed by atoms with Crippen molar-refractivity contribution in [3.8, 4) is 5.75 Å². The van der Waals surface area contributed by atoms with Crippen molar-refractivity contribution in [3.05, 3.63) is 93.5 Å². The number of halogens is 2. The van der Waals surface area contributed by atoms with Gasteiger partial charge in [0.1, 0.15) is 12.4 Å². The van der Waals surface area contributed by atoms with E-state index < -0.39 is 0 Å². The van der Waals surface area contributed by atoms with Crippen LogP contribution in [0.15, 0.2) is 66.7 Å². The van der Waals surface area contributed by atoms with Crippen LogP contribution in [0.2, 0.25) is 10.0 Å². The van der Waals surface area contributed by atoms with Crippen molar-refractivity contribution < 1.29 is 9.53 Å². The maximum absolute atomic E-state index is 12.7.